The summed E-state index contributed by atoms with van der Waals surface area (Å²) in [5.74, 6) is 0. The van der Waals surface area contributed by atoms with Gasteiger partial charge in [0.25, 0.3) is 0 Å². The quantitative estimate of drug-likeness (QED) is 0.846. The van der Waals surface area contributed by atoms with E-state index in [1.54, 1.807) is 0 Å². The number of rotatable bonds is 3. The van der Waals surface area contributed by atoms with Gasteiger partial charge in [0.1, 0.15) is 0 Å². The Kier molecular flexibility index (Phi) is 3.46. The molecule has 0 amide bonds. The highest BCUT2D eigenvalue weighted by Crippen LogP contribution is 2.21. The van der Waals surface area contributed by atoms with Crippen LogP contribution in [0.1, 0.15) is 24.9 Å². The predicted octanol–water partition coefficient (Wildman–Crippen LogP) is 1.93. The number of hydrogen-bond donors (Lipinski definition) is 1. The van der Waals surface area contributed by atoms with Gasteiger partial charge in [-0.05, 0) is 31.0 Å². The number of anilines is 1. The summed E-state index contributed by atoms with van der Waals surface area (Å²) < 4.78 is 5.40. The first-order valence-electron chi connectivity index (χ1n) is 5.84. The van der Waals surface area contributed by atoms with Crippen molar-refractivity contribution in [2.45, 2.75) is 25.4 Å². The zero-order valence-corrected chi connectivity index (χ0v) is 10.0. The van der Waals surface area contributed by atoms with Crippen molar-refractivity contribution in [1.82, 2.24) is 0 Å². The molecule has 1 aromatic rings. The molecule has 0 saturated carbocycles. The summed E-state index contributed by atoms with van der Waals surface area (Å²) in [4.78, 5) is 2.29. The Bertz CT molecular complexity index is 328. The third-order valence-corrected chi connectivity index (χ3v) is 3.28. The number of ether oxygens (including phenoxy) is 1. The summed E-state index contributed by atoms with van der Waals surface area (Å²) in [6.07, 6.45) is 1.12. The molecule has 2 unspecified atom stereocenters. The minimum atomic E-state index is 0.106. The lowest BCUT2D eigenvalue weighted by molar-refractivity contribution is 0.193. The third-order valence-electron chi connectivity index (χ3n) is 3.28. The average molecular weight is 220 g/mol. The molecule has 0 spiro atoms. The van der Waals surface area contributed by atoms with Gasteiger partial charge in [0.15, 0.2) is 0 Å². The first-order chi connectivity index (χ1) is 7.68. The molecule has 1 aliphatic rings. The number of nitrogens with zero attached hydrogens (tertiary/aromatic N) is 1. The van der Waals surface area contributed by atoms with Gasteiger partial charge in [0, 0.05) is 25.4 Å². The molecule has 2 rings (SSSR count). The van der Waals surface area contributed by atoms with Crippen LogP contribution in [-0.4, -0.2) is 26.3 Å². The number of benzene rings is 1. The van der Waals surface area contributed by atoms with Crippen LogP contribution in [-0.2, 0) is 4.74 Å². The van der Waals surface area contributed by atoms with Gasteiger partial charge in [-0.3, -0.25) is 0 Å². The summed E-state index contributed by atoms with van der Waals surface area (Å²) in [5.41, 5.74) is 8.24. The summed E-state index contributed by atoms with van der Waals surface area (Å²) in [5, 5.41) is 0. The second-order valence-corrected chi connectivity index (χ2v) is 4.51. The molecule has 1 fully saturated rings. The number of likely N-dealkylation sites (N-methyl/N-ethyl adjacent to an activating group) is 1. The van der Waals surface area contributed by atoms with Crippen LogP contribution < -0.4 is 10.6 Å². The fourth-order valence-electron chi connectivity index (χ4n) is 2.05. The van der Waals surface area contributed by atoms with E-state index in [4.69, 9.17) is 10.5 Å². The maximum absolute atomic E-state index is 5.83. The first-order valence-corrected chi connectivity index (χ1v) is 5.84. The van der Waals surface area contributed by atoms with Gasteiger partial charge in [-0.2, -0.15) is 0 Å². The van der Waals surface area contributed by atoms with Crippen molar-refractivity contribution >= 4 is 5.69 Å². The molecule has 1 heterocycles. The van der Waals surface area contributed by atoms with Gasteiger partial charge in [-0.25, -0.2) is 0 Å². The zero-order valence-electron chi connectivity index (χ0n) is 10.0. The number of hydrogen-bond acceptors (Lipinski definition) is 3. The molecular weight excluding hydrogens is 200 g/mol. The minimum absolute atomic E-state index is 0.106. The van der Waals surface area contributed by atoms with E-state index in [0.717, 1.165) is 19.6 Å². The molecule has 1 saturated heterocycles. The lowest BCUT2D eigenvalue weighted by atomic mass is 10.1. The Balaban J connectivity index is 2.08. The Hall–Kier alpha value is -1.06. The van der Waals surface area contributed by atoms with Gasteiger partial charge in [0.2, 0.25) is 0 Å². The first kappa shape index (κ1) is 11.4. The molecule has 2 N–H and O–H groups in total. The van der Waals surface area contributed by atoms with Crippen LogP contribution in [0, 0.1) is 0 Å². The second-order valence-electron chi connectivity index (χ2n) is 4.51. The van der Waals surface area contributed by atoms with Crippen LogP contribution in [0.2, 0.25) is 0 Å². The van der Waals surface area contributed by atoms with Crippen molar-refractivity contribution < 1.29 is 4.74 Å². The van der Waals surface area contributed by atoms with Gasteiger partial charge in [0.05, 0.1) is 12.6 Å². The van der Waals surface area contributed by atoms with Crippen molar-refractivity contribution in [2.24, 2.45) is 5.73 Å². The summed E-state index contributed by atoms with van der Waals surface area (Å²) in [6, 6.07) is 9.10. The molecule has 1 aromatic carbocycles. The van der Waals surface area contributed by atoms with E-state index in [0.29, 0.717) is 6.04 Å². The van der Waals surface area contributed by atoms with Crippen LogP contribution in [0.15, 0.2) is 24.3 Å². The molecule has 16 heavy (non-hydrogen) atoms. The van der Waals surface area contributed by atoms with Crippen molar-refractivity contribution in [1.29, 1.82) is 0 Å². The molecule has 3 heteroatoms. The highest BCUT2D eigenvalue weighted by atomic mass is 16.5. The van der Waals surface area contributed by atoms with Crippen LogP contribution in [0.25, 0.3) is 0 Å². The van der Waals surface area contributed by atoms with Crippen LogP contribution >= 0.6 is 0 Å². The Morgan fingerprint density at radius 3 is 2.56 bits per heavy atom. The monoisotopic (exact) mass is 220 g/mol. The Morgan fingerprint density at radius 1 is 1.38 bits per heavy atom. The molecule has 3 nitrogen and oxygen atoms in total. The van der Waals surface area contributed by atoms with E-state index in [-0.39, 0.29) is 6.04 Å². The van der Waals surface area contributed by atoms with E-state index < -0.39 is 0 Å². The zero-order chi connectivity index (χ0) is 11.5. The Labute approximate surface area is 97.2 Å². The van der Waals surface area contributed by atoms with Gasteiger partial charge < -0.3 is 15.4 Å². The summed E-state index contributed by atoms with van der Waals surface area (Å²) >= 11 is 0. The highest BCUT2D eigenvalue weighted by molar-refractivity contribution is 5.48. The summed E-state index contributed by atoms with van der Waals surface area (Å²) in [7, 11) is 2.13. The van der Waals surface area contributed by atoms with Crippen molar-refractivity contribution in [3.8, 4) is 0 Å². The number of nitrogens with two attached hydrogens (primary N) is 1. The molecule has 1 aliphatic heterocycles. The maximum Gasteiger partial charge on any atom is 0.0670 e. The van der Waals surface area contributed by atoms with Crippen LogP contribution in [0.4, 0.5) is 5.69 Å². The van der Waals surface area contributed by atoms with Gasteiger partial charge in [-0.15, -0.1) is 0 Å². The molecule has 0 radical (unpaired) electrons. The van der Waals surface area contributed by atoms with Gasteiger partial charge in [-0.1, -0.05) is 12.1 Å². The molecule has 88 valence electrons. The SMILES string of the molecule is CC(N)c1ccc(N(C)C2CCOC2)cc1. The lowest BCUT2D eigenvalue weighted by Gasteiger charge is -2.25. The van der Waals surface area contributed by atoms with E-state index >= 15 is 0 Å². The maximum atomic E-state index is 5.83. The molecule has 0 bridgehead atoms. The topological polar surface area (TPSA) is 38.5 Å². The normalized spacial score (nSPS) is 22.1. The molecule has 0 aromatic heterocycles. The highest BCUT2D eigenvalue weighted by Gasteiger charge is 2.20. The fraction of sp³-hybridized carbons (Fsp3) is 0.538. The standard InChI is InChI=1S/C13H20N2O/c1-10(14)11-3-5-12(6-4-11)15(2)13-7-8-16-9-13/h3-6,10,13H,7-9,14H2,1-2H3. The predicted molar refractivity (Wildman–Crippen MR) is 66.7 cm³/mol. The summed E-state index contributed by atoms with van der Waals surface area (Å²) in [6.45, 7) is 3.72. The van der Waals surface area contributed by atoms with E-state index in [2.05, 4.69) is 36.2 Å². The second kappa shape index (κ2) is 4.85. The Morgan fingerprint density at radius 2 is 2.06 bits per heavy atom. The van der Waals surface area contributed by atoms with Crippen molar-refractivity contribution in [2.75, 3.05) is 25.2 Å². The third kappa shape index (κ3) is 2.36. The van der Waals surface area contributed by atoms with Crippen molar-refractivity contribution in [3.63, 3.8) is 0 Å². The van der Waals surface area contributed by atoms with Gasteiger partial charge >= 0.3 is 0 Å². The van der Waals surface area contributed by atoms with E-state index in [1.807, 2.05) is 6.92 Å². The van der Waals surface area contributed by atoms with Crippen LogP contribution in [0.5, 0.6) is 0 Å². The molecular formula is C13H20N2O. The van der Waals surface area contributed by atoms with Crippen LogP contribution in [0.3, 0.4) is 0 Å². The smallest absolute Gasteiger partial charge is 0.0670 e. The van der Waals surface area contributed by atoms with E-state index in [1.165, 1.54) is 11.3 Å². The minimum Gasteiger partial charge on any atom is -0.379 e. The largest absolute Gasteiger partial charge is 0.379 e. The average Bonchev–Trinajstić information content (AvgIpc) is 2.81. The van der Waals surface area contributed by atoms with E-state index in [9.17, 15) is 0 Å². The molecule has 0 aliphatic carbocycles. The molecule has 2 atom stereocenters. The van der Waals surface area contributed by atoms with Crippen molar-refractivity contribution in [3.05, 3.63) is 29.8 Å². The lowest BCUT2D eigenvalue weighted by Crippen LogP contribution is -2.31. The fourth-order valence-corrected chi connectivity index (χ4v) is 2.05.